The van der Waals surface area contributed by atoms with Crippen molar-refractivity contribution in [2.75, 3.05) is 27.2 Å². The summed E-state index contributed by atoms with van der Waals surface area (Å²) in [5.41, 5.74) is 2.48. The normalized spacial score (nSPS) is 29.9. The van der Waals surface area contributed by atoms with Crippen molar-refractivity contribution in [2.24, 2.45) is 5.92 Å². The van der Waals surface area contributed by atoms with Gasteiger partial charge in [-0.25, -0.2) is 0 Å². The number of carbonyl (C=O) groups excluding carboxylic acids is 1. The van der Waals surface area contributed by atoms with Crippen LogP contribution in [-0.2, 0) is 16.6 Å². The molecule has 0 aromatic heterocycles. The van der Waals surface area contributed by atoms with Crippen LogP contribution in [0.25, 0.3) is 0 Å². The van der Waals surface area contributed by atoms with Crippen molar-refractivity contribution >= 4 is 5.91 Å². The van der Waals surface area contributed by atoms with E-state index >= 15 is 0 Å². The maximum absolute atomic E-state index is 13.2. The highest BCUT2D eigenvalue weighted by Gasteiger charge is 2.66. The summed E-state index contributed by atoms with van der Waals surface area (Å²) in [5.74, 6) is 7.00. The van der Waals surface area contributed by atoms with Crippen LogP contribution in [0.3, 0.4) is 0 Å². The predicted octanol–water partition coefficient (Wildman–Crippen LogP) is 3.78. The van der Waals surface area contributed by atoms with Crippen molar-refractivity contribution < 1.29 is 19.7 Å². The number of aryl methyl sites for hydroxylation is 1. The molecule has 200 valence electrons. The number of methoxy groups -OCH3 is 1. The summed E-state index contributed by atoms with van der Waals surface area (Å²) in [5, 5.41) is 23.4. The summed E-state index contributed by atoms with van der Waals surface area (Å²) in [6.45, 7) is 3.96. The molecule has 0 spiro atoms. The van der Waals surface area contributed by atoms with Crippen molar-refractivity contribution in [3.05, 3.63) is 58.7 Å². The monoisotopic (exact) mass is 514 g/mol. The Hall–Kier alpha value is -3.01. The first-order chi connectivity index (χ1) is 18.3. The SMILES string of the molecule is COc1c(O)ccc2c1[C@]13CCN(CC4CC4)[C@H](C2)[C@]1(O)CC[C@@H](N(C)C(=O)C#Cc1cccc(C)c1)C3. The molecule has 2 saturated carbocycles. The number of piperidine rings is 1. The lowest BCUT2D eigenvalue weighted by atomic mass is 9.48. The number of carbonyl (C=O) groups is 1. The lowest BCUT2D eigenvalue weighted by Gasteiger charge is -2.65. The number of ether oxygens (including phenoxy) is 1. The maximum Gasteiger partial charge on any atom is 0.298 e. The number of aromatic hydroxyl groups is 1. The van der Waals surface area contributed by atoms with Gasteiger partial charge >= 0.3 is 0 Å². The fourth-order valence-electron chi connectivity index (χ4n) is 7.65. The third-order valence-corrected chi connectivity index (χ3v) is 9.80. The van der Waals surface area contributed by atoms with Crippen LogP contribution in [0.2, 0.25) is 0 Å². The van der Waals surface area contributed by atoms with Gasteiger partial charge in [0.15, 0.2) is 11.5 Å². The average Bonchev–Trinajstić information content (AvgIpc) is 3.72. The zero-order chi connectivity index (χ0) is 26.7. The largest absolute Gasteiger partial charge is 0.504 e. The molecule has 2 aromatic carbocycles. The van der Waals surface area contributed by atoms with Crippen LogP contribution < -0.4 is 4.74 Å². The van der Waals surface area contributed by atoms with Crippen LogP contribution in [0.1, 0.15) is 60.8 Å². The van der Waals surface area contributed by atoms with E-state index < -0.39 is 11.0 Å². The zero-order valence-electron chi connectivity index (χ0n) is 22.7. The zero-order valence-corrected chi connectivity index (χ0v) is 22.7. The molecule has 2 aromatic rings. The van der Waals surface area contributed by atoms with Crippen molar-refractivity contribution in [3.63, 3.8) is 0 Å². The van der Waals surface area contributed by atoms with Gasteiger partial charge in [-0.15, -0.1) is 0 Å². The molecule has 1 heterocycles. The molecule has 6 heteroatoms. The van der Waals surface area contributed by atoms with Gasteiger partial charge in [0, 0.05) is 48.1 Å². The van der Waals surface area contributed by atoms with Gasteiger partial charge in [0.1, 0.15) is 0 Å². The molecule has 0 unspecified atom stereocenters. The smallest absolute Gasteiger partial charge is 0.298 e. The molecule has 6 nitrogen and oxygen atoms in total. The first-order valence-electron chi connectivity index (χ1n) is 14.0. The lowest BCUT2D eigenvalue weighted by molar-refractivity contribution is -0.178. The minimum absolute atomic E-state index is 0.0293. The maximum atomic E-state index is 13.2. The molecule has 1 amide bonds. The Labute approximate surface area is 225 Å². The molecule has 3 fully saturated rings. The molecule has 1 saturated heterocycles. The van der Waals surface area contributed by atoms with E-state index in [-0.39, 0.29) is 23.7 Å². The van der Waals surface area contributed by atoms with Crippen molar-refractivity contribution in [3.8, 4) is 23.3 Å². The van der Waals surface area contributed by atoms with Gasteiger partial charge in [-0.2, -0.15) is 0 Å². The molecule has 2 bridgehead atoms. The average molecular weight is 515 g/mol. The Bertz CT molecular complexity index is 1320. The van der Waals surface area contributed by atoms with Crippen molar-refractivity contribution in [2.45, 2.75) is 75.0 Å². The van der Waals surface area contributed by atoms with Gasteiger partial charge < -0.3 is 19.8 Å². The second kappa shape index (κ2) is 9.32. The van der Waals surface area contributed by atoms with Crippen LogP contribution in [0.15, 0.2) is 36.4 Å². The van der Waals surface area contributed by atoms with E-state index in [0.717, 1.165) is 60.5 Å². The van der Waals surface area contributed by atoms with Gasteiger partial charge in [-0.1, -0.05) is 24.1 Å². The number of fused-ring (bicyclic) bond motifs is 1. The van der Waals surface area contributed by atoms with Gasteiger partial charge in [-0.05, 0) is 93.7 Å². The summed E-state index contributed by atoms with van der Waals surface area (Å²) in [6, 6.07) is 11.5. The van der Waals surface area contributed by atoms with E-state index in [2.05, 4.69) is 16.7 Å². The highest BCUT2D eigenvalue weighted by molar-refractivity contribution is 5.94. The van der Waals surface area contributed by atoms with Gasteiger partial charge in [0.2, 0.25) is 0 Å². The van der Waals surface area contributed by atoms with E-state index in [1.54, 1.807) is 18.1 Å². The topological polar surface area (TPSA) is 73.2 Å². The van der Waals surface area contributed by atoms with E-state index in [0.29, 0.717) is 18.6 Å². The Morgan fingerprint density at radius 1 is 1.21 bits per heavy atom. The fourth-order valence-corrected chi connectivity index (χ4v) is 7.65. The number of hydrogen-bond acceptors (Lipinski definition) is 5. The Kier molecular flexibility index (Phi) is 6.20. The lowest BCUT2D eigenvalue weighted by Crippen LogP contribution is -2.74. The second-order valence-electron chi connectivity index (χ2n) is 12.0. The molecular formula is C32H38N2O4. The third-order valence-electron chi connectivity index (χ3n) is 9.80. The quantitative estimate of drug-likeness (QED) is 0.608. The molecule has 1 aliphatic heterocycles. The Balaban J connectivity index is 1.35. The van der Waals surface area contributed by atoms with E-state index in [9.17, 15) is 15.0 Å². The summed E-state index contributed by atoms with van der Waals surface area (Å²) >= 11 is 0. The number of aliphatic hydroxyl groups is 1. The van der Waals surface area contributed by atoms with Gasteiger partial charge in [-0.3, -0.25) is 9.69 Å². The van der Waals surface area contributed by atoms with Crippen LogP contribution in [0.5, 0.6) is 11.5 Å². The molecule has 4 aliphatic rings. The number of benzene rings is 2. The van der Waals surface area contributed by atoms with E-state index in [4.69, 9.17) is 4.74 Å². The standard InChI is InChI=1S/C32H38N2O4/c1-21-5-4-6-22(17-21)9-12-28(36)33(2)25-13-14-32(37)27-18-24-10-11-26(35)30(38-3)29(24)31(32,19-25)15-16-34(27)20-23-7-8-23/h4-6,10-11,17,23,25,27,35,37H,7-8,13-16,18-20H2,1-3H3/t25-,27-,31-,32-/m1/s1. The molecule has 4 atom stereocenters. The van der Waals surface area contributed by atoms with Crippen LogP contribution in [-0.4, -0.2) is 70.9 Å². The molecule has 0 radical (unpaired) electrons. The van der Waals surface area contributed by atoms with Crippen LogP contribution in [0.4, 0.5) is 0 Å². The minimum Gasteiger partial charge on any atom is -0.504 e. The summed E-state index contributed by atoms with van der Waals surface area (Å²) in [4.78, 5) is 17.5. The number of phenols is 1. The minimum atomic E-state index is -0.943. The molecular weight excluding hydrogens is 476 g/mol. The highest BCUT2D eigenvalue weighted by atomic mass is 16.5. The molecule has 3 aliphatic carbocycles. The molecule has 6 rings (SSSR count). The Morgan fingerprint density at radius 3 is 2.76 bits per heavy atom. The summed E-state index contributed by atoms with van der Waals surface area (Å²) < 4.78 is 5.79. The number of hydrogen-bond donors (Lipinski definition) is 2. The number of amides is 1. The Morgan fingerprint density at radius 2 is 2.03 bits per heavy atom. The van der Waals surface area contributed by atoms with E-state index in [1.807, 2.05) is 44.3 Å². The molecule has 38 heavy (non-hydrogen) atoms. The first kappa shape index (κ1) is 25.3. The first-order valence-corrected chi connectivity index (χ1v) is 14.0. The number of phenolic OH excluding ortho intramolecular Hbond substituents is 1. The summed E-state index contributed by atoms with van der Waals surface area (Å²) in [6.07, 6.45) is 6.03. The summed E-state index contributed by atoms with van der Waals surface area (Å²) in [7, 11) is 3.43. The number of rotatable bonds is 4. The number of nitrogens with zero attached hydrogens (tertiary/aromatic N) is 2. The third kappa shape index (κ3) is 3.99. The predicted molar refractivity (Wildman–Crippen MR) is 146 cm³/mol. The van der Waals surface area contributed by atoms with Crippen LogP contribution in [0, 0.1) is 24.7 Å². The number of likely N-dealkylation sites (tertiary alicyclic amines) is 1. The van der Waals surface area contributed by atoms with Crippen LogP contribution >= 0.6 is 0 Å². The van der Waals surface area contributed by atoms with E-state index in [1.165, 1.54) is 12.8 Å². The van der Waals surface area contributed by atoms with Gasteiger partial charge in [0.05, 0.1) is 12.7 Å². The molecule has 2 N–H and O–H groups in total. The van der Waals surface area contributed by atoms with Gasteiger partial charge in [0.25, 0.3) is 5.91 Å². The highest BCUT2D eigenvalue weighted by Crippen LogP contribution is 2.61. The fraction of sp³-hybridized carbons (Fsp3) is 0.531. The second-order valence-corrected chi connectivity index (χ2v) is 12.0. The van der Waals surface area contributed by atoms with Crippen molar-refractivity contribution in [1.82, 2.24) is 9.80 Å². The van der Waals surface area contributed by atoms with Crippen molar-refractivity contribution in [1.29, 1.82) is 0 Å².